The quantitative estimate of drug-likeness (QED) is 0.464. The Morgan fingerprint density at radius 2 is 1.61 bits per heavy atom. The molecule has 0 aliphatic heterocycles. The molecule has 1 saturated carbocycles. The Morgan fingerprint density at radius 3 is 2.18 bits per heavy atom. The maximum Gasteiger partial charge on any atom is 0.407 e. The van der Waals surface area contributed by atoms with Gasteiger partial charge in [0.25, 0.3) is 0 Å². The summed E-state index contributed by atoms with van der Waals surface area (Å²) in [4.78, 5) is 36.2. The van der Waals surface area contributed by atoms with E-state index >= 15 is 0 Å². The minimum atomic E-state index is -1.05. The van der Waals surface area contributed by atoms with E-state index in [-0.39, 0.29) is 43.9 Å². The number of carboxylic acid groups (broad SMARTS) is 1. The molecule has 0 saturated heterocycles. The lowest BCUT2D eigenvalue weighted by Gasteiger charge is -2.35. The second kappa shape index (κ2) is 10.0. The lowest BCUT2D eigenvalue weighted by atomic mass is 9.81. The van der Waals surface area contributed by atoms with Crippen LogP contribution < -0.4 is 10.6 Å². The lowest BCUT2D eigenvalue weighted by Crippen LogP contribution is -2.53. The van der Waals surface area contributed by atoms with Crippen molar-refractivity contribution in [3.63, 3.8) is 0 Å². The van der Waals surface area contributed by atoms with Crippen LogP contribution >= 0.6 is 0 Å². The largest absolute Gasteiger partial charge is 0.481 e. The summed E-state index contributed by atoms with van der Waals surface area (Å²) in [5.74, 6) is -1.43. The van der Waals surface area contributed by atoms with Gasteiger partial charge in [-0.15, -0.1) is 0 Å². The van der Waals surface area contributed by atoms with Crippen LogP contribution in [0.15, 0.2) is 48.5 Å². The first-order valence-corrected chi connectivity index (χ1v) is 11.2. The number of hydrogen-bond donors (Lipinski definition) is 4. The van der Waals surface area contributed by atoms with Crippen LogP contribution in [0.4, 0.5) is 4.79 Å². The number of ether oxygens (including phenoxy) is 1. The molecular formula is C25H28N2O6. The van der Waals surface area contributed by atoms with E-state index < -0.39 is 24.0 Å². The summed E-state index contributed by atoms with van der Waals surface area (Å²) in [6.45, 7) is 0.181. The minimum absolute atomic E-state index is 0.0402. The number of alkyl carbamates (subject to hydrolysis) is 1. The highest BCUT2D eigenvalue weighted by molar-refractivity contribution is 5.86. The molecule has 8 heteroatoms. The second-order valence-electron chi connectivity index (χ2n) is 8.68. The summed E-state index contributed by atoms with van der Waals surface area (Å²) in [7, 11) is 0. The van der Waals surface area contributed by atoms with Crippen molar-refractivity contribution in [2.24, 2.45) is 5.92 Å². The Kier molecular flexibility index (Phi) is 6.93. The van der Waals surface area contributed by atoms with Crippen LogP contribution in [0.5, 0.6) is 0 Å². The highest BCUT2D eigenvalue weighted by Crippen LogP contribution is 2.44. The van der Waals surface area contributed by atoms with Crippen molar-refractivity contribution in [3.8, 4) is 11.1 Å². The van der Waals surface area contributed by atoms with Gasteiger partial charge in [-0.1, -0.05) is 48.5 Å². The molecule has 0 aromatic heterocycles. The second-order valence-corrected chi connectivity index (χ2v) is 8.68. The first kappa shape index (κ1) is 22.8. The standard InChI is InChI=1S/C25H28N2O6/c28-13-15-11-16(12-15)26-24(31)22(9-10-23(29)30)27-25(32)33-14-21-19-7-3-1-5-17(19)18-6-2-4-8-20(18)21/h1-8,15-16,21-22,28H,9-14H2,(H,26,31)(H,27,32)(H,29,30). The molecule has 2 aliphatic carbocycles. The van der Waals surface area contributed by atoms with E-state index in [9.17, 15) is 14.4 Å². The summed E-state index contributed by atoms with van der Waals surface area (Å²) in [6, 6.07) is 14.9. The van der Waals surface area contributed by atoms with Gasteiger partial charge in [0.05, 0.1) is 0 Å². The SMILES string of the molecule is O=C(O)CCC(NC(=O)OCC1c2ccccc2-c2ccccc21)C(=O)NC1CC(CO)C1. The number of hydrogen-bond acceptors (Lipinski definition) is 5. The third-order valence-corrected chi connectivity index (χ3v) is 6.44. The van der Waals surface area contributed by atoms with Crippen LogP contribution in [0.2, 0.25) is 0 Å². The van der Waals surface area contributed by atoms with Crippen molar-refractivity contribution in [3.05, 3.63) is 59.7 Å². The number of carbonyl (C=O) groups excluding carboxylic acids is 2. The van der Waals surface area contributed by atoms with E-state index in [4.69, 9.17) is 14.9 Å². The van der Waals surface area contributed by atoms with Crippen molar-refractivity contribution >= 4 is 18.0 Å². The molecule has 0 heterocycles. The van der Waals surface area contributed by atoms with E-state index in [1.54, 1.807) is 0 Å². The van der Waals surface area contributed by atoms with Crippen LogP contribution in [0.3, 0.4) is 0 Å². The lowest BCUT2D eigenvalue weighted by molar-refractivity contribution is -0.137. The zero-order valence-corrected chi connectivity index (χ0v) is 18.2. The molecule has 4 N–H and O–H groups in total. The predicted octanol–water partition coefficient (Wildman–Crippen LogP) is 2.65. The van der Waals surface area contributed by atoms with Gasteiger partial charge in [0.15, 0.2) is 0 Å². The summed E-state index contributed by atoms with van der Waals surface area (Å²) in [6.07, 6.45) is 0.273. The molecule has 0 bridgehead atoms. The third-order valence-electron chi connectivity index (χ3n) is 6.44. The number of benzene rings is 2. The fourth-order valence-electron chi connectivity index (χ4n) is 4.62. The maximum absolute atomic E-state index is 12.6. The van der Waals surface area contributed by atoms with E-state index in [0.717, 1.165) is 22.3 Å². The number of fused-ring (bicyclic) bond motifs is 3. The van der Waals surface area contributed by atoms with E-state index in [1.165, 1.54) is 0 Å². The molecule has 174 valence electrons. The summed E-state index contributed by atoms with van der Waals surface area (Å²) < 4.78 is 5.50. The molecule has 0 radical (unpaired) electrons. The molecule has 2 amide bonds. The van der Waals surface area contributed by atoms with Gasteiger partial charge in [0.2, 0.25) is 5.91 Å². The Hall–Kier alpha value is -3.39. The molecule has 1 unspecified atom stereocenters. The molecule has 33 heavy (non-hydrogen) atoms. The Labute approximate surface area is 192 Å². The zero-order valence-electron chi connectivity index (χ0n) is 18.2. The van der Waals surface area contributed by atoms with Crippen molar-refractivity contribution in [2.45, 2.75) is 43.7 Å². The highest BCUT2D eigenvalue weighted by atomic mass is 16.5. The van der Waals surface area contributed by atoms with Gasteiger partial charge in [-0.05, 0) is 47.4 Å². The maximum atomic E-state index is 12.6. The molecule has 2 aliphatic rings. The molecule has 1 fully saturated rings. The van der Waals surface area contributed by atoms with Crippen LogP contribution in [0.1, 0.15) is 42.7 Å². The van der Waals surface area contributed by atoms with Crippen LogP contribution in [-0.4, -0.2) is 53.5 Å². The summed E-state index contributed by atoms with van der Waals surface area (Å²) >= 11 is 0. The smallest absolute Gasteiger partial charge is 0.407 e. The van der Waals surface area contributed by atoms with Crippen molar-refractivity contribution in [1.82, 2.24) is 10.6 Å². The van der Waals surface area contributed by atoms with Gasteiger partial charge in [-0.25, -0.2) is 4.79 Å². The number of carboxylic acids is 1. The highest BCUT2D eigenvalue weighted by Gasteiger charge is 2.33. The average Bonchev–Trinajstić information content (AvgIpc) is 3.10. The zero-order chi connectivity index (χ0) is 23.4. The average molecular weight is 453 g/mol. The Balaban J connectivity index is 1.37. The summed E-state index contributed by atoms with van der Waals surface area (Å²) in [5, 5.41) is 23.5. The fourth-order valence-corrected chi connectivity index (χ4v) is 4.62. The number of aliphatic carboxylic acids is 1. The normalized spacial score (nSPS) is 19.5. The van der Waals surface area contributed by atoms with Gasteiger partial charge in [-0.3, -0.25) is 9.59 Å². The van der Waals surface area contributed by atoms with Crippen LogP contribution in [0.25, 0.3) is 11.1 Å². The number of carbonyl (C=O) groups is 3. The molecule has 4 rings (SSSR count). The third kappa shape index (κ3) is 5.17. The summed E-state index contributed by atoms with van der Waals surface area (Å²) in [5.41, 5.74) is 4.38. The van der Waals surface area contributed by atoms with Crippen molar-refractivity contribution < 1.29 is 29.3 Å². The molecule has 0 spiro atoms. The topological polar surface area (TPSA) is 125 Å². The van der Waals surface area contributed by atoms with Crippen molar-refractivity contribution in [1.29, 1.82) is 0 Å². The first-order chi connectivity index (χ1) is 16.0. The number of aliphatic hydroxyl groups is 1. The van der Waals surface area contributed by atoms with Gasteiger partial charge in [0.1, 0.15) is 12.6 Å². The predicted molar refractivity (Wildman–Crippen MR) is 121 cm³/mol. The van der Waals surface area contributed by atoms with Crippen molar-refractivity contribution in [2.75, 3.05) is 13.2 Å². The first-order valence-electron chi connectivity index (χ1n) is 11.2. The molecular weight excluding hydrogens is 424 g/mol. The number of rotatable bonds is 9. The number of nitrogens with one attached hydrogen (secondary N) is 2. The monoisotopic (exact) mass is 452 g/mol. The van der Waals surface area contributed by atoms with E-state index in [0.29, 0.717) is 12.8 Å². The van der Waals surface area contributed by atoms with Gasteiger partial charge in [0, 0.05) is 25.0 Å². The fraction of sp³-hybridized carbons (Fsp3) is 0.400. The van der Waals surface area contributed by atoms with Gasteiger partial charge < -0.3 is 25.6 Å². The van der Waals surface area contributed by atoms with Crippen LogP contribution in [0, 0.1) is 5.92 Å². The molecule has 8 nitrogen and oxygen atoms in total. The number of aliphatic hydroxyl groups excluding tert-OH is 1. The van der Waals surface area contributed by atoms with Gasteiger partial charge >= 0.3 is 12.1 Å². The minimum Gasteiger partial charge on any atom is -0.481 e. The van der Waals surface area contributed by atoms with Crippen LogP contribution in [-0.2, 0) is 14.3 Å². The van der Waals surface area contributed by atoms with E-state index in [2.05, 4.69) is 10.6 Å². The number of amides is 2. The Morgan fingerprint density at radius 1 is 1.00 bits per heavy atom. The molecule has 2 aromatic carbocycles. The Bertz CT molecular complexity index is 988. The molecule has 1 atom stereocenters. The van der Waals surface area contributed by atoms with E-state index in [1.807, 2.05) is 48.5 Å². The molecule has 2 aromatic rings. The van der Waals surface area contributed by atoms with Gasteiger partial charge in [-0.2, -0.15) is 0 Å².